The van der Waals surface area contributed by atoms with Gasteiger partial charge in [-0.05, 0) is 28.0 Å². The second-order valence-corrected chi connectivity index (χ2v) is 3.74. The minimum atomic E-state index is 0.601. The SMILES string of the molecule is CCc1ccc2c3c1C(C=CC=2)C=3. The van der Waals surface area contributed by atoms with Crippen molar-refractivity contribution < 1.29 is 0 Å². The summed E-state index contributed by atoms with van der Waals surface area (Å²) in [5, 5.41) is 2.87. The normalized spacial score (nSPS) is 21.2. The third-order valence-electron chi connectivity index (χ3n) is 3.07. The Morgan fingerprint density at radius 1 is 1.31 bits per heavy atom. The predicted octanol–water partition coefficient (Wildman–Crippen LogP) is 1.48. The van der Waals surface area contributed by atoms with E-state index < -0.39 is 0 Å². The van der Waals surface area contributed by atoms with Gasteiger partial charge in [-0.3, -0.25) is 0 Å². The molecule has 0 radical (unpaired) electrons. The summed E-state index contributed by atoms with van der Waals surface area (Å²) in [6.45, 7) is 2.23. The van der Waals surface area contributed by atoms with Crippen molar-refractivity contribution in [1.29, 1.82) is 0 Å². The highest BCUT2D eigenvalue weighted by atomic mass is 14.2. The van der Waals surface area contributed by atoms with Crippen LogP contribution in [-0.2, 0) is 6.42 Å². The molecule has 0 fully saturated rings. The van der Waals surface area contributed by atoms with Gasteiger partial charge in [-0.2, -0.15) is 0 Å². The Morgan fingerprint density at radius 2 is 2.23 bits per heavy atom. The number of hydrogen-bond acceptors (Lipinski definition) is 0. The third kappa shape index (κ3) is 0.806. The van der Waals surface area contributed by atoms with Crippen LogP contribution >= 0.6 is 0 Å². The van der Waals surface area contributed by atoms with Gasteiger partial charge >= 0.3 is 0 Å². The first-order chi connectivity index (χ1) is 6.40. The highest BCUT2D eigenvalue weighted by Crippen LogP contribution is 2.26. The minimum absolute atomic E-state index is 0.601. The molecule has 0 amide bonds. The van der Waals surface area contributed by atoms with Crippen LogP contribution in [0.1, 0.15) is 24.0 Å². The summed E-state index contributed by atoms with van der Waals surface area (Å²) in [5.41, 5.74) is 3.09. The highest BCUT2D eigenvalue weighted by molar-refractivity contribution is 5.63. The van der Waals surface area contributed by atoms with Crippen LogP contribution in [0.25, 0.3) is 12.2 Å². The fourth-order valence-electron chi connectivity index (χ4n) is 2.33. The van der Waals surface area contributed by atoms with Gasteiger partial charge in [0.25, 0.3) is 0 Å². The summed E-state index contributed by atoms with van der Waals surface area (Å²) < 4.78 is 0. The molecule has 0 saturated heterocycles. The van der Waals surface area contributed by atoms with Gasteiger partial charge in [0, 0.05) is 5.92 Å². The van der Waals surface area contributed by atoms with E-state index in [2.05, 4.69) is 43.4 Å². The average molecular weight is 168 g/mol. The summed E-state index contributed by atoms with van der Waals surface area (Å²) in [6, 6.07) is 4.51. The first kappa shape index (κ1) is 7.14. The second kappa shape index (κ2) is 2.35. The van der Waals surface area contributed by atoms with E-state index in [-0.39, 0.29) is 0 Å². The van der Waals surface area contributed by atoms with Crippen molar-refractivity contribution in [1.82, 2.24) is 0 Å². The molecule has 0 N–H and O–H groups in total. The molecule has 64 valence electrons. The van der Waals surface area contributed by atoms with Gasteiger partial charge < -0.3 is 0 Å². The van der Waals surface area contributed by atoms with Crippen molar-refractivity contribution in [2.75, 3.05) is 0 Å². The molecule has 2 aliphatic rings. The van der Waals surface area contributed by atoms with Crippen molar-refractivity contribution in [2.24, 2.45) is 0 Å². The zero-order chi connectivity index (χ0) is 8.84. The third-order valence-corrected chi connectivity index (χ3v) is 3.07. The molecule has 0 spiro atoms. The summed E-state index contributed by atoms with van der Waals surface area (Å²) in [7, 11) is 0. The minimum Gasteiger partial charge on any atom is -0.0732 e. The summed E-state index contributed by atoms with van der Waals surface area (Å²) in [5.74, 6) is 0.601. The van der Waals surface area contributed by atoms with Crippen LogP contribution in [0.5, 0.6) is 0 Å². The number of rotatable bonds is 1. The van der Waals surface area contributed by atoms with Crippen LogP contribution in [0.4, 0.5) is 0 Å². The zero-order valence-electron chi connectivity index (χ0n) is 7.75. The van der Waals surface area contributed by atoms with E-state index in [1.54, 1.807) is 5.56 Å². The molecule has 1 atom stereocenters. The fourth-order valence-corrected chi connectivity index (χ4v) is 2.33. The van der Waals surface area contributed by atoms with Crippen LogP contribution in [-0.4, -0.2) is 0 Å². The maximum Gasteiger partial charge on any atom is 0.0219 e. The fraction of sp³-hybridized carbons (Fsp3) is 0.231. The number of allylic oxidation sites excluding steroid dienone is 2. The first-order valence-corrected chi connectivity index (χ1v) is 4.92. The lowest BCUT2D eigenvalue weighted by Crippen LogP contribution is -2.36. The Morgan fingerprint density at radius 3 is 3.08 bits per heavy atom. The van der Waals surface area contributed by atoms with Gasteiger partial charge in [0.1, 0.15) is 0 Å². The van der Waals surface area contributed by atoms with Crippen molar-refractivity contribution >= 4 is 12.2 Å². The molecule has 3 rings (SSSR count). The Labute approximate surface area is 77.9 Å². The molecule has 0 nitrogen and oxygen atoms in total. The molecule has 1 unspecified atom stereocenters. The zero-order valence-corrected chi connectivity index (χ0v) is 7.75. The highest BCUT2D eigenvalue weighted by Gasteiger charge is 2.20. The maximum atomic E-state index is 2.36. The number of benzene rings is 1. The Kier molecular flexibility index (Phi) is 1.29. The summed E-state index contributed by atoms with van der Waals surface area (Å²) >= 11 is 0. The topological polar surface area (TPSA) is 0 Å². The van der Waals surface area contributed by atoms with Crippen LogP contribution in [0.2, 0.25) is 0 Å². The molecule has 0 heteroatoms. The molecule has 13 heavy (non-hydrogen) atoms. The lowest BCUT2D eigenvalue weighted by Gasteiger charge is -2.21. The Balaban J connectivity index is 2.45. The molecule has 0 saturated carbocycles. The molecule has 1 aromatic rings. The van der Waals surface area contributed by atoms with E-state index in [0.29, 0.717) is 5.92 Å². The summed E-state index contributed by atoms with van der Waals surface area (Å²) in [4.78, 5) is 0. The van der Waals surface area contributed by atoms with E-state index in [1.165, 1.54) is 16.0 Å². The first-order valence-electron chi connectivity index (χ1n) is 4.92. The van der Waals surface area contributed by atoms with Gasteiger partial charge in [0.2, 0.25) is 0 Å². The summed E-state index contributed by atoms with van der Waals surface area (Å²) in [6.07, 6.45) is 10.2. The van der Waals surface area contributed by atoms with Crippen LogP contribution < -0.4 is 10.4 Å². The molecular formula is C13H12. The number of hydrogen-bond donors (Lipinski definition) is 0. The van der Waals surface area contributed by atoms with E-state index in [1.807, 2.05) is 0 Å². The van der Waals surface area contributed by atoms with E-state index in [0.717, 1.165) is 6.42 Å². The molecule has 4 bridgehead atoms. The van der Waals surface area contributed by atoms with Crippen molar-refractivity contribution in [2.45, 2.75) is 19.3 Å². The van der Waals surface area contributed by atoms with Crippen molar-refractivity contribution in [3.05, 3.63) is 45.8 Å². The van der Waals surface area contributed by atoms with Crippen LogP contribution in [0.15, 0.2) is 24.3 Å². The molecule has 0 aromatic heterocycles. The maximum absolute atomic E-state index is 2.36. The van der Waals surface area contributed by atoms with Crippen molar-refractivity contribution in [3.63, 3.8) is 0 Å². The monoisotopic (exact) mass is 168 g/mol. The van der Waals surface area contributed by atoms with Crippen molar-refractivity contribution in [3.8, 4) is 0 Å². The molecule has 0 heterocycles. The smallest absolute Gasteiger partial charge is 0.0219 e. The van der Waals surface area contributed by atoms with Crippen LogP contribution in [0.3, 0.4) is 0 Å². The molecule has 2 aliphatic carbocycles. The molecule has 1 aromatic carbocycles. The number of aryl methyl sites for hydroxylation is 1. The Bertz CT molecular complexity index is 504. The predicted molar refractivity (Wildman–Crippen MR) is 55.9 cm³/mol. The lowest BCUT2D eigenvalue weighted by molar-refractivity contribution is 0.977. The van der Waals surface area contributed by atoms with Crippen LogP contribution in [0, 0.1) is 0 Å². The second-order valence-electron chi connectivity index (χ2n) is 3.74. The van der Waals surface area contributed by atoms with E-state index in [4.69, 9.17) is 0 Å². The van der Waals surface area contributed by atoms with Gasteiger partial charge in [0.05, 0.1) is 0 Å². The lowest BCUT2D eigenvalue weighted by atomic mass is 9.82. The molecule has 0 aliphatic heterocycles. The van der Waals surface area contributed by atoms with Gasteiger partial charge in [0.15, 0.2) is 0 Å². The van der Waals surface area contributed by atoms with E-state index >= 15 is 0 Å². The van der Waals surface area contributed by atoms with Gasteiger partial charge in [-0.25, -0.2) is 0 Å². The quantitative estimate of drug-likeness (QED) is 0.596. The molecular weight excluding hydrogens is 156 g/mol. The standard InChI is InChI=1S/C13H12/c1-2-9-6-7-10-4-3-5-11-8-12(10)13(9)11/h3-8,11H,2H2,1H3. The average Bonchev–Trinajstić information content (AvgIpc) is 2.39. The van der Waals surface area contributed by atoms with Gasteiger partial charge in [-0.1, -0.05) is 43.4 Å². The van der Waals surface area contributed by atoms with E-state index in [9.17, 15) is 0 Å². The Hall–Kier alpha value is -1.30. The largest absolute Gasteiger partial charge is 0.0732 e. The van der Waals surface area contributed by atoms with Gasteiger partial charge in [-0.15, -0.1) is 0 Å².